The number of amides is 1. The Labute approximate surface area is 146 Å². The highest BCUT2D eigenvalue weighted by molar-refractivity contribution is 7.07. The molecular formula is C15H18F3N3O3S. The van der Waals surface area contributed by atoms with Crippen molar-refractivity contribution in [2.45, 2.75) is 33.0 Å². The fourth-order valence-corrected chi connectivity index (χ4v) is 2.50. The first-order valence-electron chi connectivity index (χ1n) is 7.08. The number of carbonyl (C=O) groups excluding carboxylic acids is 1. The lowest BCUT2D eigenvalue weighted by atomic mass is 10.1. The predicted molar refractivity (Wildman–Crippen MR) is 86.2 cm³/mol. The molecule has 1 amide bonds. The first kappa shape index (κ1) is 20.7. The molecule has 6 nitrogen and oxygen atoms in total. The smallest absolute Gasteiger partial charge is 0.475 e. The quantitative estimate of drug-likeness (QED) is 0.858. The van der Waals surface area contributed by atoms with E-state index in [4.69, 9.17) is 9.90 Å². The van der Waals surface area contributed by atoms with Gasteiger partial charge in [-0.25, -0.2) is 4.79 Å². The number of nitrogens with zero attached hydrogens (tertiary/aromatic N) is 2. The SMILES string of the molecule is Cc1n[nH]c(C)c1CN(C)C(=O)Cc1ccsc1.O=C(O)C(F)(F)F. The fourth-order valence-electron chi connectivity index (χ4n) is 1.84. The summed E-state index contributed by atoms with van der Waals surface area (Å²) in [5.74, 6) is -2.62. The van der Waals surface area contributed by atoms with Crippen molar-refractivity contribution in [1.82, 2.24) is 15.1 Å². The number of thiophene rings is 1. The molecule has 0 fully saturated rings. The Morgan fingerprint density at radius 1 is 1.36 bits per heavy atom. The number of hydrogen-bond acceptors (Lipinski definition) is 4. The second-order valence-corrected chi connectivity index (χ2v) is 6.05. The lowest BCUT2D eigenvalue weighted by molar-refractivity contribution is -0.192. The van der Waals surface area contributed by atoms with Crippen LogP contribution in [-0.2, 0) is 22.6 Å². The first-order chi connectivity index (χ1) is 11.5. The number of aromatic amines is 1. The molecule has 2 N–H and O–H groups in total. The molecule has 138 valence electrons. The third-order valence-electron chi connectivity index (χ3n) is 3.28. The van der Waals surface area contributed by atoms with Gasteiger partial charge >= 0.3 is 12.1 Å². The van der Waals surface area contributed by atoms with E-state index in [1.165, 1.54) is 0 Å². The summed E-state index contributed by atoms with van der Waals surface area (Å²) in [5.41, 5.74) is 4.18. The van der Waals surface area contributed by atoms with Crippen LogP contribution in [0.4, 0.5) is 13.2 Å². The van der Waals surface area contributed by atoms with Crippen molar-refractivity contribution in [3.8, 4) is 0 Å². The molecule has 0 aliphatic rings. The number of rotatable bonds is 4. The number of alkyl halides is 3. The molecule has 2 heterocycles. The third-order valence-corrected chi connectivity index (χ3v) is 4.01. The van der Waals surface area contributed by atoms with Gasteiger partial charge in [-0.1, -0.05) is 0 Å². The van der Waals surface area contributed by atoms with Crippen LogP contribution in [0.3, 0.4) is 0 Å². The number of aromatic nitrogens is 2. The molecule has 25 heavy (non-hydrogen) atoms. The number of H-pyrrole nitrogens is 1. The van der Waals surface area contributed by atoms with Crippen LogP contribution in [0.5, 0.6) is 0 Å². The lowest BCUT2D eigenvalue weighted by Crippen LogP contribution is -2.28. The van der Waals surface area contributed by atoms with Crippen LogP contribution in [0.2, 0.25) is 0 Å². The number of carbonyl (C=O) groups is 2. The summed E-state index contributed by atoms with van der Waals surface area (Å²) in [5, 5.41) is 18.2. The molecular weight excluding hydrogens is 359 g/mol. The topological polar surface area (TPSA) is 86.3 Å². The summed E-state index contributed by atoms with van der Waals surface area (Å²) in [6, 6.07) is 1.99. The lowest BCUT2D eigenvalue weighted by Gasteiger charge is -2.17. The van der Waals surface area contributed by atoms with Crippen LogP contribution in [0.15, 0.2) is 16.8 Å². The number of aliphatic carboxylic acids is 1. The monoisotopic (exact) mass is 377 g/mol. The number of nitrogens with one attached hydrogen (secondary N) is 1. The highest BCUT2D eigenvalue weighted by Gasteiger charge is 2.38. The zero-order valence-corrected chi connectivity index (χ0v) is 14.7. The average Bonchev–Trinajstić information content (AvgIpc) is 3.12. The highest BCUT2D eigenvalue weighted by Crippen LogP contribution is 2.14. The number of aryl methyl sites for hydroxylation is 2. The number of likely N-dealkylation sites (N-methyl/N-ethyl adjacent to an activating group) is 1. The zero-order chi connectivity index (χ0) is 19.2. The van der Waals surface area contributed by atoms with Crippen molar-refractivity contribution in [3.05, 3.63) is 39.3 Å². The van der Waals surface area contributed by atoms with Crippen molar-refractivity contribution in [1.29, 1.82) is 0 Å². The summed E-state index contributed by atoms with van der Waals surface area (Å²) in [6.45, 7) is 4.54. The second kappa shape index (κ2) is 8.65. The van der Waals surface area contributed by atoms with Gasteiger partial charge in [0.15, 0.2) is 0 Å². The molecule has 2 aromatic heterocycles. The molecule has 2 rings (SSSR count). The Balaban J connectivity index is 0.000000381. The van der Waals surface area contributed by atoms with Gasteiger partial charge in [-0.05, 0) is 36.2 Å². The van der Waals surface area contributed by atoms with Crippen LogP contribution >= 0.6 is 11.3 Å². The Morgan fingerprint density at radius 3 is 2.36 bits per heavy atom. The van der Waals surface area contributed by atoms with Gasteiger partial charge in [0.2, 0.25) is 5.91 Å². The maximum Gasteiger partial charge on any atom is 0.490 e. The molecule has 0 atom stereocenters. The van der Waals surface area contributed by atoms with Gasteiger partial charge in [0, 0.05) is 24.8 Å². The Hall–Kier alpha value is -2.36. The summed E-state index contributed by atoms with van der Waals surface area (Å²) in [7, 11) is 1.83. The largest absolute Gasteiger partial charge is 0.490 e. The highest BCUT2D eigenvalue weighted by atomic mass is 32.1. The molecule has 0 radical (unpaired) electrons. The predicted octanol–water partition coefficient (Wildman–Crippen LogP) is 2.92. The molecule has 0 saturated carbocycles. The summed E-state index contributed by atoms with van der Waals surface area (Å²) >= 11 is 1.62. The van der Waals surface area contributed by atoms with E-state index in [2.05, 4.69) is 10.2 Å². The van der Waals surface area contributed by atoms with E-state index in [1.54, 1.807) is 16.2 Å². The van der Waals surface area contributed by atoms with Crippen LogP contribution in [0.1, 0.15) is 22.5 Å². The minimum Gasteiger partial charge on any atom is -0.475 e. The molecule has 0 aliphatic heterocycles. The summed E-state index contributed by atoms with van der Waals surface area (Å²) < 4.78 is 31.7. The van der Waals surface area contributed by atoms with E-state index in [0.717, 1.165) is 22.5 Å². The number of hydrogen-bond donors (Lipinski definition) is 2. The van der Waals surface area contributed by atoms with Crippen LogP contribution in [0.25, 0.3) is 0 Å². The molecule has 0 saturated heterocycles. The standard InChI is InChI=1S/C13H17N3OS.C2HF3O2/c1-9-12(10(2)15-14-9)7-16(3)13(17)6-11-4-5-18-8-11;3-2(4,5)1(6)7/h4-5,8H,6-7H2,1-3H3,(H,14,15);(H,6,7). The minimum absolute atomic E-state index is 0.133. The van der Waals surface area contributed by atoms with E-state index in [0.29, 0.717) is 13.0 Å². The van der Waals surface area contributed by atoms with E-state index in [9.17, 15) is 18.0 Å². The molecule has 2 aromatic rings. The van der Waals surface area contributed by atoms with Crippen molar-refractivity contribution < 1.29 is 27.9 Å². The number of halogens is 3. The van der Waals surface area contributed by atoms with Crippen molar-refractivity contribution in [3.63, 3.8) is 0 Å². The Kier molecular flexibility index (Phi) is 7.16. The van der Waals surface area contributed by atoms with Crippen molar-refractivity contribution >= 4 is 23.2 Å². The average molecular weight is 377 g/mol. The van der Waals surface area contributed by atoms with E-state index < -0.39 is 12.1 Å². The van der Waals surface area contributed by atoms with Gasteiger partial charge in [0.05, 0.1) is 12.1 Å². The molecule has 0 bridgehead atoms. The van der Waals surface area contributed by atoms with Crippen molar-refractivity contribution in [2.24, 2.45) is 0 Å². The normalized spacial score (nSPS) is 10.8. The molecule has 0 aliphatic carbocycles. The van der Waals surface area contributed by atoms with Gasteiger partial charge < -0.3 is 10.0 Å². The molecule has 10 heteroatoms. The summed E-state index contributed by atoms with van der Waals surface area (Å²) in [4.78, 5) is 22.7. The van der Waals surface area contributed by atoms with Gasteiger partial charge in [-0.3, -0.25) is 9.89 Å². The fraction of sp³-hybridized carbons (Fsp3) is 0.400. The van der Waals surface area contributed by atoms with E-state index in [-0.39, 0.29) is 5.91 Å². The van der Waals surface area contributed by atoms with Gasteiger partial charge in [-0.15, -0.1) is 0 Å². The number of carboxylic acid groups (broad SMARTS) is 1. The maximum absolute atomic E-state index is 12.1. The minimum atomic E-state index is -5.08. The number of carboxylic acids is 1. The molecule has 0 spiro atoms. The van der Waals surface area contributed by atoms with E-state index in [1.807, 2.05) is 37.7 Å². The van der Waals surface area contributed by atoms with E-state index >= 15 is 0 Å². The summed E-state index contributed by atoms with van der Waals surface area (Å²) in [6.07, 6.45) is -4.62. The first-order valence-corrected chi connectivity index (χ1v) is 8.02. The Bertz CT molecular complexity index is 692. The third kappa shape index (κ3) is 6.57. The Morgan fingerprint density at radius 2 is 1.96 bits per heavy atom. The maximum atomic E-state index is 12.1. The molecule has 0 unspecified atom stereocenters. The van der Waals surface area contributed by atoms with Crippen LogP contribution in [0, 0.1) is 13.8 Å². The van der Waals surface area contributed by atoms with Gasteiger partial charge in [0.1, 0.15) is 0 Å². The van der Waals surface area contributed by atoms with Crippen molar-refractivity contribution in [2.75, 3.05) is 7.05 Å². The molecule has 0 aromatic carbocycles. The zero-order valence-electron chi connectivity index (χ0n) is 13.8. The van der Waals surface area contributed by atoms with Gasteiger partial charge in [-0.2, -0.15) is 29.6 Å². The van der Waals surface area contributed by atoms with Crippen LogP contribution in [-0.4, -0.2) is 45.3 Å². The second-order valence-electron chi connectivity index (χ2n) is 5.27. The van der Waals surface area contributed by atoms with Gasteiger partial charge in [0.25, 0.3) is 0 Å². The van der Waals surface area contributed by atoms with Crippen LogP contribution < -0.4 is 0 Å².